The Labute approximate surface area is 90.7 Å². The molecule has 1 fully saturated rings. The third-order valence-corrected chi connectivity index (χ3v) is 3.48. The van der Waals surface area contributed by atoms with Gasteiger partial charge < -0.3 is 5.32 Å². The SMILES string of the molecule is Cc1ccc(C(=O)C2CNC2)c(C)c1C. The van der Waals surface area contributed by atoms with Crippen LogP contribution in [-0.2, 0) is 0 Å². The molecule has 0 saturated carbocycles. The van der Waals surface area contributed by atoms with Crippen LogP contribution < -0.4 is 5.32 Å². The zero-order chi connectivity index (χ0) is 11.0. The summed E-state index contributed by atoms with van der Waals surface area (Å²) in [5.74, 6) is 0.500. The molecule has 2 heteroatoms. The highest BCUT2D eigenvalue weighted by Gasteiger charge is 2.27. The average molecular weight is 203 g/mol. The van der Waals surface area contributed by atoms with E-state index in [1.54, 1.807) is 0 Å². The highest BCUT2D eigenvalue weighted by atomic mass is 16.1. The molecule has 0 bridgehead atoms. The molecule has 0 aliphatic carbocycles. The fourth-order valence-corrected chi connectivity index (χ4v) is 1.92. The first-order valence-electron chi connectivity index (χ1n) is 5.43. The molecule has 1 aromatic carbocycles. The Hall–Kier alpha value is -1.15. The quantitative estimate of drug-likeness (QED) is 0.745. The molecule has 1 heterocycles. The minimum atomic E-state index is 0.200. The summed E-state index contributed by atoms with van der Waals surface area (Å²) in [6, 6.07) is 4.01. The summed E-state index contributed by atoms with van der Waals surface area (Å²) >= 11 is 0. The zero-order valence-electron chi connectivity index (χ0n) is 9.55. The van der Waals surface area contributed by atoms with E-state index in [1.807, 2.05) is 19.1 Å². The van der Waals surface area contributed by atoms with E-state index in [4.69, 9.17) is 0 Å². The number of hydrogen-bond acceptors (Lipinski definition) is 2. The summed E-state index contributed by atoms with van der Waals surface area (Å²) in [7, 11) is 0. The van der Waals surface area contributed by atoms with Crippen molar-refractivity contribution in [2.24, 2.45) is 5.92 Å². The third-order valence-electron chi connectivity index (χ3n) is 3.48. The van der Waals surface area contributed by atoms with Crippen molar-refractivity contribution < 1.29 is 4.79 Å². The maximum Gasteiger partial charge on any atom is 0.168 e. The highest BCUT2D eigenvalue weighted by molar-refractivity contribution is 6.00. The third kappa shape index (κ3) is 1.70. The second kappa shape index (κ2) is 3.78. The molecule has 0 amide bonds. The lowest BCUT2D eigenvalue weighted by Crippen LogP contribution is -2.46. The molecule has 0 radical (unpaired) electrons. The molecule has 0 atom stereocenters. The van der Waals surface area contributed by atoms with Crippen molar-refractivity contribution in [3.63, 3.8) is 0 Å². The topological polar surface area (TPSA) is 29.1 Å². The molecule has 0 spiro atoms. The molecule has 2 nitrogen and oxygen atoms in total. The van der Waals surface area contributed by atoms with Crippen molar-refractivity contribution >= 4 is 5.78 Å². The lowest BCUT2D eigenvalue weighted by Gasteiger charge is -2.26. The van der Waals surface area contributed by atoms with Gasteiger partial charge >= 0.3 is 0 Å². The smallest absolute Gasteiger partial charge is 0.168 e. The van der Waals surface area contributed by atoms with Crippen LogP contribution in [0.25, 0.3) is 0 Å². The van der Waals surface area contributed by atoms with Gasteiger partial charge in [0, 0.05) is 24.6 Å². The Bertz CT molecular complexity index is 405. The standard InChI is InChI=1S/C13H17NO/c1-8-4-5-12(10(3)9(8)2)13(15)11-6-14-7-11/h4-5,11,14H,6-7H2,1-3H3. The molecule has 1 saturated heterocycles. The number of rotatable bonds is 2. The van der Waals surface area contributed by atoms with Crippen LogP contribution in [0.5, 0.6) is 0 Å². The van der Waals surface area contributed by atoms with Gasteiger partial charge in [0.25, 0.3) is 0 Å². The van der Waals surface area contributed by atoms with Gasteiger partial charge in [-0.3, -0.25) is 4.79 Å². The summed E-state index contributed by atoms with van der Waals surface area (Å²) in [5.41, 5.74) is 4.56. The van der Waals surface area contributed by atoms with Gasteiger partial charge in [-0.15, -0.1) is 0 Å². The van der Waals surface area contributed by atoms with Crippen molar-refractivity contribution in [2.45, 2.75) is 20.8 Å². The summed E-state index contributed by atoms with van der Waals surface area (Å²) in [5, 5.41) is 3.14. The van der Waals surface area contributed by atoms with E-state index in [1.165, 1.54) is 11.1 Å². The second-order valence-electron chi connectivity index (χ2n) is 4.40. The highest BCUT2D eigenvalue weighted by Crippen LogP contribution is 2.21. The van der Waals surface area contributed by atoms with Crippen molar-refractivity contribution in [2.75, 3.05) is 13.1 Å². The number of carbonyl (C=O) groups is 1. The van der Waals surface area contributed by atoms with Gasteiger partial charge in [0.05, 0.1) is 0 Å². The van der Waals surface area contributed by atoms with Crippen LogP contribution in [0, 0.1) is 26.7 Å². The molecule has 2 rings (SSSR count). The molecule has 15 heavy (non-hydrogen) atoms. The lowest BCUT2D eigenvalue weighted by molar-refractivity contribution is 0.0877. The molecule has 1 aromatic rings. The number of hydrogen-bond donors (Lipinski definition) is 1. The van der Waals surface area contributed by atoms with Gasteiger partial charge in [0.15, 0.2) is 5.78 Å². The van der Waals surface area contributed by atoms with Crippen molar-refractivity contribution in [1.82, 2.24) is 5.32 Å². The van der Waals surface area contributed by atoms with E-state index in [0.717, 1.165) is 24.2 Å². The van der Waals surface area contributed by atoms with Crippen LogP contribution >= 0.6 is 0 Å². The molecule has 0 unspecified atom stereocenters. The molecular formula is C13H17NO. The van der Waals surface area contributed by atoms with Gasteiger partial charge in [-0.05, 0) is 37.5 Å². The first-order valence-corrected chi connectivity index (χ1v) is 5.43. The largest absolute Gasteiger partial charge is 0.315 e. The fraction of sp³-hybridized carbons (Fsp3) is 0.462. The second-order valence-corrected chi connectivity index (χ2v) is 4.40. The van der Waals surface area contributed by atoms with Gasteiger partial charge in [-0.2, -0.15) is 0 Å². The van der Waals surface area contributed by atoms with Crippen molar-refractivity contribution in [1.29, 1.82) is 0 Å². The maximum absolute atomic E-state index is 12.1. The molecule has 0 aromatic heterocycles. The minimum absolute atomic E-state index is 0.200. The van der Waals surface area contributed by atoms with Gasteiger partial charge in [-0.25, -0.2) is 0 Å². The van der Waals surface area contributed by atoms with E-state index in [9.17, 15) is 4.79 Å². The summed E-state index contributed by atoms with van der Waals surface area (Å²) < 4.78 is 0. The van der Waals surface area contributed by atoms with E-state index >= 15 is 0 Å². The van der Waals surface area contributed by atoms with E-state index in [0.29, 0.717) is 5.78 Å². The predicted octanol–water partition coefficient (Wildman–Crippen LogP) is 2.01. The Morgan fingerprint density at radius 3 is 2.40 bits per heavy atom. The normalized spacial score (nSPS) is 16.2. The van der Waals surface area contributed by atoms with Crippen LogP contribution in [0.15, 0.2) is 12.1 Å². The first kappa shape index (κ1) is 10.4. The number of ketones is 1. The maximum atomic E-state index is 12.1. The van der Waals surface area contributed by atoms with Gasteiger partial charge in [-0.1, -0.05) is 12.1 Å². The number of carbonyl (C=O) groups excluding carboxylic acids is 1. The molecular weight excluding hydrogens is 186 g/mol. The van der Waals surface area contributed by atoms with Crippen LogP contribution in [0.4, 0.5) is 0 Å². The average Bonchev–Trinajstić information content (AvgIpc) is 2.11. The molecule has 80 valence electrons. The van der Waals surface area contributed by atoms with Crippen LogP contribution in [0.2, 0.25) is 0 Å². The van der Waals surface area contributed by atoms with Crippen molar-refractivity contribution in [3.8, 4) is 0 Å². The monoisotopic (exact) mass is 203 g/mol. The number of benzene rings is 1. The molecule has 1 aliphatic heterocycles. The molecule has 1 N–H and O–H groups in total. The number of Topliss-reactive ketones (excluding diaryl/α,β-unsaturated/α-hetero) is 1. The Balaban J connectivity index is 2.35. The Kier molecular flexibility index (Phi) is 2.61. The lowest BCUT2D eigenvalue weighted by atomic mass is 9.88. The number of aryl methyl sites for hydroxylation is 1. The van der Waals surface area contributed by atoms with Crippen molar-refractivity contribution in [3.05, 3.63) is 34.4 Å². The van der Waals surface area contributed by atoms with E-state index in [-0.39, 0.29) is 5.92 Å². The molecule has 1 aliphatic rings. The Morgan fingerprint density at radius 1 is 1.20 bits per heavy atom. The van der Waals surface area contributed by atoms with Crippen LogP contribution in [-0.4, -0.2) is 18.9 Å². The van der Waals surface area contributed by atoms with E-state index < -0.39 is 0 Å². The van der Waals surface area contributed by atoms with Gasteiger partial charge in [0.1, 0.15) is 0 Å². The minimum Gasteiger partial charge on any atom is -0.315 e. The Morgan fingerprint density at radius 2 is 1.87 bits per heavy atom. The first-order chi connectivity index (χ1) is 7.11. The van der Waals surface area contributed by atoms with Gasteiger partial charge in [0.2, 0.25) is 0 Å². The number of nitrogens with one attached hydrogen (secondary N) is 1. The zero-order valence-corrected chi connectivity index (χ0v) is 9.55. The van der Waals surface area contributed by atoms with Crippen LogP contribution in [0.3, 0.4) is 0 Å². The summed E-state index contributed by atoms with van der Waals surface area (Å²) in [6.45, 7) is 7.89. The predicted molar refractivity (Wildman–Crippen MR) is 61.3 cm³/mol. The summed E-state index contributed by atoms with van der Waals surface area (Å²) in [4.78, 5) is 12.1. The fourth-order valence-electron chi connectivity index (χ4n) is 1.92. The van der Waals surface area contributed by atoms with E-state index in [2.05, 4.69) is 19.2 Å². The van der Waals surface area contributed by atoms with Crippen LogP contribution in [0.1, 0.15) is 27.0 Å². The summed E-state index contributed by atoms with van der Waals surface area (Å²) in [6.07, 6.45) is 0.